The minimum atomic E-state index is -0.558. The third-order valence-corrected chi connectivity index (χ3v) is 5.75. The zero-order valence-corrected chi connectivity index (χ0v) is 17.0. The zero-order chi connectivity index (χ0) is 21.6. The Hall–Kier alpha value is -3.59. The molecule has 3 N–H and O–H groups in total. The number of anilines is 2. The minimum absolute atomic E-state index is 0.0332. The third-order valence-electron chi connectivity index (χ3n) is 3.57. The van der Waals surface area contributed by atoms with Crippen molar-refractivity contribution in [1.29, 1.82) is 15.8 Å². The Morgan fingerprint density at radius 3 is 2.55 bits per heavy atom. The zero-order valence-electron chi connectivity index (χ0n) is 15.4. The van der Waals surface area contributed by atoms with E-state index in [9.17, 15) is 20.1 Å². The van der Waals surface area contributed by atoms with Gasteiger partial charge in [-0.05, 0) is 25.5 Å². The second-order valence-corrected chi connectivity index (χ2v) is 7.41. The number of hydrogen-bond donors (Lipinski definition) is 2. The van der Waals surface area contributed by atoms with Crippen molar-refractivity contribution >= 4 is 45.8 Å². The quantitative estimate of drug-likeness (QED) is 0.521. The predicted octanol–water partition coefficient (Wildman–Crippen LogP) is 2.56. The van der Waals surface area contributed by atoms with Crippen molar-refractivity contribution in [1.82, 2.24) is 4.98 Å². The van der Waals surface area contributed by atoms with E-state index >= 15 is 0 Å². The van der Waals surface area contributed by atoms with Crippen LogP contribution in [0, 0.1) is 40.9 Å². The highest BCUT2D eigenvalue weighted by Gasteiger charge is 2.22. The van der Waals surface area contributed by atoms with Crippen molar-refractivity contribution in [3.8, 4) is 18.2 Å². The van der Waals surface area contributed by atoms with E-state index in [1.165, 1.54) is 6.07 Å². The molecule has 2 rings (SSSR count). The van der Waals surface area contributed by atoms with Gasteiger partial charge >= 0.3 is 5.97 Å². The van der Waals surface area contributed by atoms with E-state index in [-0.39, 0.29) is 49.8 Å². The summed E-state index contributed by atoms with van der Waals surface area (Å²) >= 11 is 1.93. The van der Waals surface area contributed by atoms with Gasteiger partial charge in [-0.15, -0.1) is 11.3 Å². The summed E-state index contributed by atoms with van der Waals surface area (Å²) in [4.78, 5) is 28.6. The van der Waals surface area contributed by atoms with Gasteiger partial charge in [-0.2, -0.15) is 15.8 Å². The van der Waals surface area contributed by atoms with Crippen molar-refractivity contribution < 1.29 is 14.3 Å². The Morgan fingerprint density at radius 2 is 1.97 bits per heavy atom. The SMILES string of the molecule is CCOC(=O)c1sc(NC(=O)CSc2nc(N)c(C#N)cc2C#N)c(C#N)c1C. The van der Waals surface area contributed by atoms with Crippen LogP contribution in [0.15, 0.2) is 11.1 Å². The number of aromatic nitrogens is 1. The van der Waals surface area contributed by atoms with E-state index < -0.39 is 11.9 Å². The van der Waals surface area contributed by atoms with Gasteiger partial charge in [0.15, 0.2) is 0 Å². The van der Waals surface area contributed by atoms with Crippen LogP contribution in [0.2, 0.25) is 0 Å². The number of amides is 1. The second-order valence-electron chi connectivity index (χ2n) is 5.43. The lowest BCUT2D eigenvalue weighted by molar-refractivity contribution is -0.113. The molecule has 2 aromatic heterocycles. The molecule has 0 aromatic carbocycles. The van der Waals surface area contributed by atoms with E-state index in [2.05, 4.69) is 10.3 Å². The number of nitrogen functional groups attached to an aromatic ring is 1. The van der Waals surface area contributed by atoms with Crippen LogP contribution < -0.4 is 11.1 Å². The minimum Gasteiger partial charge on any atom is -0.462 e. The smallest absolute Gasteiger partial charge is 0.348 e. The van der Waals surface area contributed by atoms with E-state index in [0.29, 0.717) is 5.56 Å². The molecule has 2 aromatic rings. The van der Waals surface area contributed by atoms with Crippen LogP contribution in [0.3, 0.4) is 0 Å². The predicted molar refractivity (Wildman–Crippen MR) is 107 cm³/mol. The first-order valence-corrected chi connectivity index (χ1v) is 9.90. The summed E-state index contributed by atoms with van der Waals surface area (Å²) in [5.41, 5.74) is 6.49. The molecule has 0 atom stereocenters. The molecule has 0 fully saturated rings. The molecule has 0 saturated heterocycles. The normalized spacial score (nSPS) is 9.76. The number of nitriles is 3. The van der Waals surface area contributed by atoms with Crippen molar-refractivity contribution in [2.45, 2.75) is 18.9 Å². The molecule has 0 aliphatic heterocycles. The molecule has 0 spiro atoms. The van der Waals surface area contributed by atoms with Crippen molar-refractivity contribution in [3.63, 3.8) is 0 Å². The van der Waals surface area contributed by atoms with Gasteiger partial charge in [0.2, 0.25) is 5.91 Å². The first kappa shape index (κ1) is 21.7. The van der Waals surface area contributed by atoms with Gasteiger partial charge in [0.25, 0.3) is 0 Å². The lowest BCUT2D eigenvalue weighted by atomic mass is 10.2. The number of pyridine rings is 1. The number of hydrogen-bond acceptors (Lipinski definition) is 10. The van der Waals surface area contributed by atoms with Crippen LogP contribution in [0.1, 0.15) is 38.8 Å². The number of nitrogens with one attached hydrogen (secondary N) is 1. The average Bonchev–Trinajstić information content (AvgIpc) is 3.01. The van der Waals surface area contributed by atoms with Gasteiger partial charge in [-0.25, -0.2) is 9.78 Å². The summed E-state index contributed by atoms with van der Waals surface area (Å²) in [7, 11) is 0. The van der Waals surface area contributed by atoms with Crippen molar-refractivity contribution in [3.05, 3.63) is 33.2 Å². The van der Waals surface area contributed by atoms with Crippen molar-refractivity contribution in [2.75, 3.05) is 23.4 Å². The Bertz CT molecular complexity index is 1100. The fourth-order valence-electron chi connectivity index (χ4n) is 2.21. The lowest BCUT2D eigenvalue weighted by Crippen LogP contribution is -2.14. The van der Waals surface area contributed by atoms with Gasteiger partial charge in [-0.1, -0.05) is 11.8 Å². The number of nitrogens with zero attached hydrogens (tertiary/aromatic N) is 4. The van der Waals surface area contributed by atoms with Gasteiger partial charge in [0.1, 0.15) is 38.9 Å². The number of rotatable bonds is 6. The van der Waals surface area contributed by atoms with E-state index in [1.807, 2.05) is 18.2 Å². The molecular formula is C18H14N6O3S2. The molecule has 0 saturated carbocycles. The Balaban J connectivity index is 2.17. The number of nitrogens with two attached hydrogens (primary N) is 1. The lowest BCUT2D eigenvalue weighted by Gasteiger charge is -2.06. The third kappa shape index (κ3) is 4.82. The maximum absolute atomic E-state index is 12.3. The second kappa shape index (κ2) is 9.56. The Labute approximate surface area is 174 Å². The first-order chi connectivity index (χ1) is 13.9. The van der Waals surface area contributed by atoms with Crippen LogP contribution in [0.25, 0.3) is 0 Å². The first-order valence-electron chi connectivity index (χ1n) is 8.10. The van der Waals surface area contributed by atoms with E-state index in [1.54, 1.807) is 13.8 Å². The molecule has 11 heteroatoms. The number of thioether (sulfide) groups is 1. The van der Waals surface area contributed by atoms with Gasteiger partial charge in [0, 0.05) is 0 Å². The van der Waals surface area contributed by atoms with Gasteiger partial charge in [-0.3, -0.25) is 4.79 Å². The van der Waals surface area contributed by atoms with Crippen LogP contribution in [-0.2, 0) is 9.53 Å². The highest BCUT2D eigenvalue weighted by molar-refractivity contribution is 8.00. The molecule has 9 nitrogen and oxygen atoms in total. The summed E-state index contributed by atoms with van der Waals surface area (Å²) in [5, 5.41) is 30.6. The molecular weight excluding hydrogens is 412 g/mol. The molecule has 0 aliphatic carbocycles. The monoisotopic (exact) mass is 426 g/mol. The number of thiophene rings is 1. The average molecular weight is 426 g/mol. The van der Waals surface area contributed by atoms with E-state index in [0.717, 1.165) is 23.1 Å². The molecule has 0 bridgehead atoms. The summed E-state index contributed by atoms with van der Waals surface area (Å²) < 4.78 is 4.96. The van der Waals surface area contributed by atoms with Crippen LogP contribution in [-0.4, -0.2) is 29.2 Å². The van der Waals surface area contributed by atoms with Crippen LogP contribution in [0.4, 0.5) is 10.8 Å². The van der Waals surface area contributed by atoms with Crippen LogP contribution in [0.5, 0.6) is 0 Å². The maximum Gasteiger partial charge on any atom is 0.348 e. The highest BCUT2D eigenvalue weighted by atomic mass is 32.2. The van der Waals surface area contributed by atoms with Crippen LogP contribution >= 0.6 is 23.1 Å². The molecule has 146 valence electrons. The van der Waals surface area contributed by atoms with Gasteiger partial charge < -0.3 is 15.8 Å². The fraction of sp³-hybridized carbons (Fsp3) is 0.222. The standard InChI is InChI=1S/C18H14N6O3S2/c1-3-27-18(26)14-9(2)12(7-21)17(29-14)23-13(25)8-28-16-11(6-20)4-10(5-19)15(22)24-16/h4H,3,8H2,1-2H3,(H2,22,24)(H,23,25). The largest absolute Gasteiger partial charge is 0.462 e. The number of esters is 1. The topological polar surface area (TPSA) is 166 Å². The van der Waals surface area contributed by atoms with Gasteiger partial charge in [0.05, 0.1) is 29.1 Å². The Morgan fingerprint density at radius 1 is 1.28 bits per heavy atom. The molecule has 0 unspecified atom stereocenters. The van der Waals surface area contributed by atoms with Crippen molar-refractivity contribution in [2.24, 2.45) is 0 Å². The molecule has 0 aliphatic rings. The number of ether oxygens (including phenoxy) is 1. The molecule has 2 heterocycles. The number of carbonyl (C=O) groups excluding carboxylic acids is 2. The molecule has 29 heavy (non-hydrogen) atoms. The summed E-state index contributed by atoms with van der Waals surface area (Å²) in [5.74, 6) is -1.17. The molecule has 0 radical (unpaired) electrons. The highest BCUT2D eigenvalue weighted by Crippen LogP contribution is 2.33. The summed E-state index contributed by atoms with van der Waals surface area (Å²) in [6.07, 6.45) is 0. The fourth-order valence-corrected chi connectivity index (χ4v) is 4.04. The summed E-state index contributed by atoms with van der Waals surface area (Å²) in [6, 6.07) is 7.04. The molecule has 1 amide bonds. The Kier molecular flexibility index (Phi) is 7.15. The van der Waals surface area contributed by atoms with E-state index in [4.69, 9.17) is 15.7 Å². The number of carbonyl (C=O) groups is 2. The summed E-state index contributed by atoms with van der Waals surface area (Å²) in [6.45, 7) is 3.47. The maximum atomic E-state index is 12.3.